The van der Waals surface area contributed by atoms with Crippen LogP contribution in [0.25, 0.3) is 0 Å². The molecule has 0 aromatic rings. The van der Waals surface area contributed by atoms with E-state index in [4.69, 9.17) is 5.11 Å². The summed E-state index contributed by atoms with van der Waals surface area (Å²) < 4.78 is 36.0. The van der Waals surface area contributed by atoms with Crippen LogP contribution in [0, 0.1) is 11.8 Å². The van der Waals surface area contributed by atoms with Crippen LogP contribution in [-0.2, 0) is 9.59 Å². The molecule has 1 atom stereocenters. The van der Waals surface area contributed by atoms with Gasteiger partial charge in [0.05, 0.1) is 5.92 Å². The number of aliphatic carboxylic acids is 1. The van der Waals surface area contributed by atoms with Crippen molar-refractivity contribution in [2.24, 2.45) is 11.8 Å². The van der Waals surface area contributed by atoms with E-state index < -0.39 is 30.5 Å². The molecule has 2 N–H and O–H groups in total. The van der Waals surface area contributed by atoms with Crippen LogP contribution in [0.4, 0.5) is 13.2 Å². The van der Waals surface area contributed by atoms with E-state index in [0.717, 1.165) is 19.3 Å². The van der Waals surface area contributed by atoms with Crippen molar-refractivity contribution in [3.8, 4) is 0 Å². The summed E-state index contributed by atoms with van der Waals surface area (Å²) in [6.45, 7) is -0.460. The van der Waals surface area contributed by atoms with Gasteiger partial charge in [0.15, 0.2) is 0 Å². The fraction of sp³-hybridized carbons (Fsp3) is 0.818. The second kappa shape index (κ2) is 6.06. The number of alkyl halides is 3. The van der Waals surface area contributed by atoms with Crippen molar-refractivity contribution in [3.63, 3.8) is 0 Å². The molecule has 1 rings (SSSR count). The molecule has 0 bridgehead atoms. The predicted molar refractivity (Wildman–Crippen MR) is 56.8 cm³/mol. The number of carboxylic acids is 1. The molecule has 0 aromatic carbocycles. The molecule has 0 saturated heterocycles. The maximum absolute atomic E-state index is 12.0. The van der Waals surface area contributed by atoms with Gasteiger partial charge in [0.2, 0.25) is 0 Å². The van der Waals surface area contributed by atoms with Crippen LogP contribution in [0.2, 0.25) is 0 Å². The largest absolute Gasteiger partial charge is 0.481 e. The standard InChI is InChI=1S/C11H16F3NO3/c12-11(13,14)10(18)15-6-8(9(16)17)7-4-2-1-3-5-7/h7-8H,1-6H2,(H,15,18)(H,16,17). The number of nitrogens with one attached hydrogen (secondary N) is 1. The minimum atomic E-state index is -4.96. The zero-order valence-electron chi connectivity index (χ0n) is 9.79. The van der Waals surface area contributed by atoms with E-state index in [1.807, 2.05) is 0 Å². The average Bonchev–Trinajstić information content (AvgIpc) is 2.28. The number of amides is 1. The third kappa shape index (κ3) is 4.19. The van der Waals surface area contributed by atoms with Gasteiger partial charge in [-0.05, 0) is 18.8 Å². The van der Waals surface area contributed by atoms with Crippen LogP contribution >= 0.6 is 0 Å². The van der Waals surface area contributed by atoms with E-state index in [1.54, 1.807) is 5.32 Å². The number of halogens is 3. The first-order valence-corrected chi connectivity index (χ1v) is 5.90. The summed E-state index contributed by atoms with van der Waals surface area (Å²) in [6.07, 6.45) is -0.769. The number of carbonyl (C=O) groups is 2. The van der Waals surface area contributed by atoms with Crippen molar-refractivity contribution in [1.82, 2.24) is 5.32 Å². The van der Waals surface area contributed by atoms with Crippen LogP contribution in [0.5, 0.6) is 0 Å². The Bertz CT molecular complexity index is 311. The second-order valence-electron chi connectivity index (χ2n) is 4.55. The zero-order valence-corrected chi connectivity index (χ0v) is 9.79. The van der Waals surface area contributed by atoms with E-state index in [1.165, 1.54) is 0 Å². The Morgan fingerprint density at radius 2 is 1.78 bits per heavy atom. The number of hydrogen-bond acceptors (Lipinski definition) is 2. The summed E-state index contributed by atoms with van der Waals surface area (Å²) in [5, 5.41) is 10.7. The Balaban J connectivity index is 2.53. The van der Waals surface area contributed by atoms with Crippen LogP contribution in [0.1, 0.15) is 32.1 Å². The van der Waals surface area contributed by atoms with Crippen LogP contribution in [0.15, 0.2) is 0 Å². The SMILES string of the molecule is O=C(O)C(CNC(=O)C(F)(F)F)C1CCCCC1. The first-order chi connectivity index (χ1) is 8.32. The highest BCUT2D eigenvalue weighted by atomic mass is 19.4. The molecule has 104 valence electrons. The van der Waals surface area contributed by atoms with E-state index in [9.17, 15) is 22.8 Å². The molecule has 0 aliphatic heterocycles. The minimum absolute atomic E-state index is 0.148. The summed E-state index contributed by atoms with van der Waals surface area (Å²) in [6, 6.07) is 0. The van der Waals surface area contributed by atoms with Crippen molar-refractivity contribution in [2.45, 2.75) is 38.3 Å². The average molecular weight is 267 g/mol. The summed E-state index contributed by atoms with van der Waals surface area (Å²) in [4.78, 5) is 21.7. The topological polar surface area (TPSA) is 66.4 Å². The zero-order chi connectivity index (χ0) is 13.8. The molecule has 7 heteroatoms. The molecule has 1 amide bonds. The third-order valence-electron chi connectivity index (χ3n) is 3.28. The van der Waals surface area contributed by atoms with Gasteiger partial charge in [-0.15, -0.1) is 0 Å². The van der Waals surface area contributed by atoms with E-state index >= 15 is 0 Å². The number of hydrogen-bond donors (Lipinski definition) is 2. The summed E-state index contributed by atoms with van der Waals surface area (Å²) in [5.74, 6) is -4.31. The Morgan fingerprint density at radius 1 is 1.22 bits per heavy atom. The van der Waals surface area contributed by atoms with Crippen molar-refractivity contribution in [1.29, 1.82) is 0 Å². The fourth-order valence-electron chi connectivity index (χ4n) is 2.30. The van der Waals surface area contributed by atoms with Gasteiger partial charge in [0, 0.05) is 6.54 Å². The summed E-state index contributed by atoms with van der Waals surface area (Å²) in [7, 11) is 0. The molecule has 1 fully saturated rings. The van der Waals surface area contributed by atoms with E-state index in [2.05, 4.69) is 0 Å². The summed E-state index contributed by atoms with van der Waals surface area (Å²) in [5.41, 5.74) is 0. The molecular formula is C11H16F3NO3. The molecule has 4 nitrogen and oxygen atoms in total. The molecule has 0 heterocycles. The van der Waals surface area contributed by atoms with Crippen molar-refractivity contribution in [2.75, 3.05) is 6.54 Å². The second-order valence-corrected chi connectivity index (χ2v) is 4.55. The highest BCUT2D eigenvalue weighted by Crippen LogP contribution is 2.30. The molecule has 1 saturated carbocycles. The van der Waals surface area contributed by atoms with Crippen molar-refractivity contribution >= 4 is 11.9 Å². The number of carboxylic acid groups (broad SMARTS) is 1. The maximum Gasteiger partial charge on any atom is 0.471 e. The lowest BCUT2D eigenvalue weighted by Crippen LogP contribution is -2.43. The van der Waals surface area contributed by atoms with Gasteiger partial charge in [0.1, 0.15) is 0 Å². The van der Waals surface area contributed by atoms with Gasteiger partial charge < -0.3 is 10.4 Å². The van der Waals surface area contributed by atoms with Gasteiger partial charge >= 0.3 is 18.1 Å². The first-order valence-electron chi connectivity index (χ1n) is 5.90. The maximum atomic E-state index is 12.0. The summed E-state index contributed by atoms with van der Waals surface area (Å²) >= 11 is 0. The number of carbonyl (C=O) groups excluding carboxylic acids is 1. The highest BCUT2D eigenvalue weighted by molar-refractivity contribution is 5.82. The van der Waals surface area contributed by atoms with Crippen LogP contribution < -0.4 is 5.32 Å². The normalized spacial score (nSPS) is 19.3. The fourth-order valence-corrected chi connectivity index (χ4v) is 2.30. The number of rotatable bonds is 4. The Morgan fingerprint density at radius 3 is 2.22 bits per heavy atom. The monoisotopic (exact) mass is 267 g/mol. The lowest BCUT2D eigenvalue weighted by Gasteiger charge is -2.27. The molecule has 0 spiro atoms. The lowest BCUT2D eigenvalue weighted by molar-refractivity contribution is -0.174. The van der Waals surface area contributed by atoms with Crippen molar-refractivity contribution < 1.29 is 27.9 Å². The minimum Gasteiger partial charge on any atom is -0.481 e. The Labute approximate surface area is 103 Å². The van der Waals surface area contributed by atoms with Gasteiger partial charge in [-0.2, -0.15) is 13.2 Å². The van der Waals surface area contributed by atoms with Gasteiger partial charge in [-0.1, -0.05) is 19.3 Å². The molecule has 18 heavy (non-hydrogen) atoms. The van der Waals surface area contributed by atoms with Crippen LogP contribution in [-0.4, -0.2) is 29.7 Å². The smallest absolute Gasteiger partial charge is 0.471 e. The predicted octanol–water partition coefficient (Wildman–Crippen LogP) is 1.95. The van der Waals surface area contributed by atoms with E-state index in [-0.39, 0.29) is 5.92 Å². The Kier molecular flexibility index (Phi) is 4.98. The van der Waals surface area contributed by atoms with Gasteiger partial charge in [-0.25, -0.2) is 0 Å². The Hall–Kier alpha value is -1.27. The quantitative estimate of drug-likeness (QED) is 0.818. The van der Waals surface area contributed by atoms with Gasteiger partial charge in [-0.3, -0.25) is 9.59 Å². The van der Waals surface area contributed by atoms with E-state index in [0.29, 0.717) is 12.8 Å². The van der Waals surface area contributed by atoms with Crippen molar-refractivity contribution in [3.05, 3.63) is 0 Å². The van der Waals surface area contributed by atoms with Crippen LogP contribution in [0.3, 0.4) is 0 Å². The molecule has 0 aromatic heterocycles. The molecule has 1 aliphatic carbocycles. The highest BCUT2D eigenvalue weighted by Gasteiger charge is 2.39. The third-order valence-corrected chi connectivity index (χ3v) is 3.28. The first kappa shape index (κ1) is 14.8. The molecule has 1 aliphatic rings. The lowest BCUT2D eigenvalue weighted by atomic mass is 9.80. The molecule has 1 unspecified atom stereocenters. The molecular weight excluding hydrogens is 251 g/mol. The van der Waals surface area contributed by atoms with Gasteiger partial charge in [0.25, 0.3) is 0 Å². The molecule has 0 radical (unpaired) electrons.